The first-order valence-corrected chi connectivity index (χ1v) is 7.17. The predicted octanol–water partition coefficient (Wildman–Crippen LogP) is 2.78. The van der Waals surface area contributed by atoms with Gasteiger partial charge in [-0.2, -0.15) is 0 Å². The van der Waals surface area contributed by atoms with Crippen LogP contribution in [0.15, 0.2) is 36.4 Å². The second-order valence-corrected chi connectivity index (χ2v) is 5.57. The number of hydrogen-bond acceptors (Lipinski definition) is 5. The Bertz CT molecular complexity index is 609. The van der Waals surface area contributed by atoms with E-state index in [0.717, 1.165) is 30.2 Å². The first-order valence-electron chi connectivity index (χ1n) is 7.17. The highest BCUT2D eigenvalue weighted by Gasteiger charge is 2.30. The topological polar surface area (TPSA) is 59.1 Å². The Labute approximate surface area is 124 Å². The van der Waals surface area contributed by atoms with Crippen LogP contribution in [0.2, 0.25) is 0 Å². The van der Waals surface area contributed by atoms with Gasteiger partial charge in [0.1, 0.15) is 11.6 Å². The second-order valence-electron chi connectivity index (χ2n) is 5.57. The zero-order chi connectivity index (χ0) is 14.7. The van der Waals surface area contributed by atoms with Gasteiger partial charge < -0.3 is 15.4 Å². The van der Waals surface area contributed by atoms with Crippen molar-refractivity contribution in [2.45, 2.75) is 18.9 Å². The van der Waals surface area contributed by atoms with Crippen LogP contribution in [-0.4, -0.2) is 35.8 Å². The number of anilines is 2. The first kappa shape index (κ1) is 13.8. The summed E-state index contributed by atoms with van der Waals surface area (Å²) in [4.78, 5) is 9.17. The van der Waals surface area contributed by atoms with Crippen molar-refractivity contribution >= 4 is 11.6 Å². The molecule has 5 nitrogen and oxygen atoms in total. The summed E-state index contributed by atoms with van der Waals surface area (Å²) in [7, 11) is 1.86. The number of nitrogens with one attached hydrogen (secondary N) is 2. The minimum absolute atomic E-state index is 0.0622. The molecule has 5 heteroatoms. The highest BCUT2D eigenvalue weighted by molar-refractivity contribution is 5.61. The Morgan fingerprint density at radius 1 is 1.14 bits per heavy atom. The van der Waals surface area contributed by atoms with E-state index in [1.165, 1.54) is 0 Å². The van der Waals surface area contributed by atoms with Gasteiger partial charge in [0.25, 0.3) is 0 Å². The molecule has 1 unspecified atom stereocenters. The fraction of sp³-hybridized carbons (Fsp3) is 0.375. The minimum Gasteiger partial charge on any atom is -0.379 e. The standard InChI is InChI=1S/C16H20N4O/c1-16(8-9-21-11-16)20-14-10-13(17-2)18-15(19-14)12-6-4-3-5-7-12/h3-7,10H,8-9,11H2,1-2H3,(H2,17,18,19,20). The molecule has 2 N–H and O–H groups in total. The molecular weight excluding hydrogens is 264 g/mol. The van der Waals surface area contributed by atoms with Crippen LogP contribution in [0.5, 0.6) is 0 Å². The van der Waals surface area contributed by atoms with Gasteiger partial charge in [-0.1, -0.05) is 30.3 Å². The van der Waals surface area contributed by atoms with E-state index in [-0.39, 0.29) is 5.54 Å². The maximum Gasteiger partial charge on any atom is 0.163 e. The Kier molecular flexibility index (Phi) is 3.75. The molecule has 0 radical (unpaired) electrons. The molecule has 0 aliphatic carbocycles. The molecule has 1 atom stereocenters. The molecule has 0 spiro atoms. The highest BCUT2D eigenvalue weighted by Crippen LogP contribution is 2.26. The molecule has 1 saturated heterocycles. The molecule has 1 aliphatic rings. The molecule has 1 fully saturated rings. The molecule has 3 rings (SSSR count). The summed E-state index contributed by atoms with van der Waals surface area (Å²) in [5.41, 5.74) is 0.943. The molecule has 1 aliphatic heterocycles. The van der Waals surface area contributed by atoms with Crippen molar-refractivity contribution in [3.8, 4) is 11.4 Å². The van der Waals surface area contributed by atoms with Gasteiger partial charge in [0.2, 0.25) is 0 Å². The number of ether oxygens (including phenoxy) is 1. The SMILES string of the molecule is CNc1cc(NC2(C)CCOC2)nc(-c2ccccc2)n1. The van der Waals surface area contributed by atoms with Crippen LogP contribution in [0, 0.1) is 0 Å². The van der Waals surface area contributed by atoms with Crippen molar-refractivity contribution in [1.82, 2.24) is 9.97 Å². The van der Waals surface area contributed by atoms with Gasteiger partial charge in [-0.25, -0.2) is 9.97 Å². The average Bonchev–Trinajstić information content (AvgIpc) is 2.94. The van der Waals surface area contributed by atoms with Gasteiger partial charge in [-0.05, 0) is 13.3 Å². The van der Waals surface area contributed by atoms with Crippen LogP contribution >= 0.6 is 0 Å². The van der Waals surface area contributed by atoms with E-state index in [1.54, 1.807) is 0 Å². The van der Waals surface area contributed by atoms with Crippen molar-refractivity contribution in [2.24, 2.45) is 0 Å². The van der Waals surface area contributed by atoms with E-state index < -0.39 is 0 Å². The van der Waals surface area contributed by atoms with Crippen molar-refractivity contribution in [1.29, 1.82) is 0 Å². The molecule has 0 amide bonds. The second kappa shape index (κ2) is 5.69. The Morgan fingerprint density at radius 2 is 1.90 bits per heavy atom. The van der Waals surface area contributed by atoms with Crippen LogP contribution in [-0.2, 0) is 4.74 Å². The third-order valence-corrected chi connectivity index (χ3v) is 3.66. The number of nitrogens with zero attached hydrogens (tertiary/aromatic N) is 2. The van der Waals surface area contributed by atoms with Gasteiger partial charge in [-0.15, -0.1) is 0 Å². The lowest BCUT2D eigenvalue weighted by Crippen LogP contribution is -2.35. The predicted molar refractivity (Wildman–Crippen MR) is 84.5 cm³/mol. The van der Waals surface area contributed by atoms with Crippen LogP contribution in [0.1, 0.15) is 13.3 Å². The summed E-state index contributed by atoms with van der Waals surface area (Å²) >= 11 is 0. The van der Waals surface area contributed by atoms with Gasteiger partial charge in [0, 0.05) is 25.3 Å². The molecule has 110 valence electrons. The van der Waals surface area contributed by atoms with Crippen molar-refractivity contribution in [2.75, 3.05) is 30.9 Å². The zero-order valence-corrected chi connectivity index (χ0v) is 12.4. The maximum atomic E-state index is 5.48. The molecule has 1 aromatic heterocycles. The smallest absolute Gasteiger partial charge is 0.163 e. The summed E-state index contributed by atoms with van der Waals surface area (Å²) < 4.78 is 5.48. The van der Waals surface area contributed by atoms with Crippen molar-refractivity contribution in [3.05, 3.63) is 36.4 Å². The first-order chi connectivity index (χ1) is 10.2. The summed E-state index contributed by atoms with van der Waals surface area (Å²) in [6.07, 6.45) is 0.979. The van der Waals surface area contributed by atoms with E-state index in [2.05, 4.69) is 27.5 Å². The lowest BCUT2D eigenvalue weighted by Gasteiger charge is -2.24. The fourth-order valence-corrected chi connectivity index (χ4v) is 2.43. The molecule has 2 aromatic rings. The molecule has 1 aromatic carbocycles. The molecule has 21 heavy (non-hydrogen) atoms. The quantitative estimate of drug-likeness (QED) is 0.904. The summed E-state index contributed by atoms with van der Waals surface area (Å²) in [6, 6.07) is 11.9. The van der Waals surface area contributed by atoms with Crippen molar-refractivity contribution < 1.29 is 4.74 Å². The van der Waals surface area contributed by atoms with Crippen LogP contribution < -0.4 is 10.6 Å². The zero-order valence-electron chi connectivity index (χ0n) is 12.4. The van der Waals surface area contributed by atoms with E-state index in [0.29, 0.717) is 12.4 Å². The van der Waals surface area contributed by atoms with Gasteiger partial charge >= 0.3 is 0 Å². The van der Waals surface area contributed by atoms with E-state index in [4.69, 9.17) is 4.74 Å². The highest BCUT2D eigenvalue weighted by atomic mass is 16.5. The molecule has 2 heterocycles. The number of rotatable bonds is 4. The monoisotopic (exact) mass is 284 g/mol. The van der Waals surface area contributed by atoms with Gasteiger partial charge in [-0.3, -0.25) is 0 Å². The van der Waals surface area contributed by atoms with E-state index in [9.17, 15) is 0 Å². The largest absolute Gasteiger partial charge is 0.379 e. The summed E-state index contributed by atoms with van der Waals surface area (Å²) in [5, 5.41) is 6.58. The fourth-order valence-electron chi connectivity index (χ4n) is 2.43. The normalized spacial score (nSPS) is 21.2. The van der Waals surface area contributed by atoms with Gasteiger partial charge in [0.05, 0.1) is 12.1 Å². The average molecular weight is 284 g/mol. The molecule has 0 saturated carbocycles. The third kappa shape index (κ3) is 3.13. The van der Waals surface area contributed by atoms with Crippen LogP contribution in [0.3, 0.4) is 0 Å². The summed E-state index contributed by atoms with van der Waals surface area (Å²) in [5.74, 6) is 2.34. The van der Waals surface area contributed by atoms with Crippen LogP contribution in [0.4, 0.5) is 11.6 Å². The third-order valence-electron chi connectivity index (χ3n) is 3.66. The van der Waals surface area contributed by atoms with Crippen molar-refractivity contribution in [3.63, 3.8) is 0 Å². The number of hydrogen-bond donors (Lipinski definition) is 2. The van der Waals surface area contributed by atoms with Crippen LogP contribution in [0.25, 0.3) is 11.4 Å². The number of aromatic nitrogens is 2. The molecule has 0 bridgehead atoms. The van der Waals surface area contributed by atoms with E-state index in [1.807, 2.05) is 43.4 Å². The lowest BCUT2D eigenvalue weighted by molar-refractivity contribution is 0.185. The van der Waals surface area contributed by atoms with Gasteiger partial charge in [0.15, 0.2) is 5.82 Å². The number of benzene rings is 1. The maximum absolute atomic E-state index is 5.48. The Morgan fingerprint density at radius 3 is 2.57 bits per heavy atom. The lowest BCUT2D eigenvalue weighted by atomic mass is 10.0. The molecular formula is C16H20N4O. The Hall–Kier alpha value is -2.14. The Balaban J connectivity index is 1.93. The van der Waals surface area contributed by atoms with E-state index >= 15 is 0 Å². The minimum atomic E-state index is -0.0622. The summed E-state index contributed by atoms with van der Waals surface area (Å²) in [6.45, 7) is 3.65.